The van der Waals surface area contributed by atoms with Crippen LogP contribution in [-0.2, 0) is 4.79 Å². The molecule has 0 aromatic heterocycles. The molecule has 1 N–H and O–H groups in total. The number of halogens is 2. The summed E-state index contributed by atoms with van der Waals surface area (Å²) in [5, 5.41) is 3.29. The molecule has 1 spiro atoms. The van der Waals surface area contributed by atoms with Gasteiger partial charge in [0.05, 0.1) is 13.2 Å². The molecule has 3 heterocycles. The summed E-state index contributed by atoms with van der Waals surface area (Å²) in [5.41, 5.74) is 2.32. The van der Waals surface area contributed by atoms with Crippen LogP contribution in [0.1, 0.15) is 68.5 Å². The number of methoxy groups -OCH3 is 1. The average Bonchev–Trinajstić information content (AvgIpc) is 3.50. The maximum absolute atomic E-state index is 15.0. The van der Waals surface area contributed by atoms with Crippen LogP contribution in [0.4, 0.5) is 13.6 Å². The van der Waals surface area contributed by atoms with Crippen molar-refractivity contribution < 1.29 is 23.1 Å². The van der Waals surface area contributed by atoms with Gasteiger partial charge in [-0.25, -0.2) is 13.6 Å². The molecule has 1 aliphatic carbocycles. The molecule has 2 saturated heterocycles. The van der Waals surface area contributed by atoms with Gasteiger partial charge in [-0.05, 0) is 74.6 Å². The maximum Gasteiger partial charge on any atom is 0.320 e. The lowest BCUT2D eigenvalue weighted by Crippen LogP contribution is -2.57. The molecule has 3 atom stereocenters. The first kappa shape index (κ1) is 30.6. The molecule has 2 aromatic rings. The van der Waals surface area contributed by atoms with Gasteiger partial charge in [-0.3, -0.25) is 4.79 Å². The summed E-state index contributed by atoms with van der Waals surface area (Å²) in [5.74, 6) is -0.0832. The Morgan fingerprint density at radius 2 is 1.86 bits per heavy atom. The van der Waals surface area contributed by atoms with E-state index >= 15 is 0 Å². The first-order chi connectivity index (χ1) is 21.3. The van der Waals surface area contributed by atoms with Crippen molar-refractivity contribution in [2.45, 2.75) is 63.5 Å². The van der Waals surface area contributed by atoms with Gasteiger partial charge < -0.3 is 24.8 Å². The highest BCUT2D eigenvalue weighted by molar-refractivity contribution is 5.97. The maximum atomic E-state index is 15.0. The van der Waals surface area contributed by atoms with E-state index < -0.39 is 17.7 Å². The van der Waals surface area contributed by atoms with Gasteiger partial charge in [-0.15, -0.1) is 0 Å². The summed E-state index contributed by atoms with van der Waals surface area (Å²) >= 11 is 0. The number of ether oxygens (including phenoxy) is 1. The summed E-state index contributed by atoms with van der Waals surface area (Å²) in [7, 11) is 3.54. The summed E-state index contributed by atoms with van der Waals surface area (Å²) in [6, 6.07) is 11.1. The summed E-state index contributed by atoms with van der Waals surface area (Å²) in [6.07, 6.45) is 9.08. The van der Waals surface area contributed by atoms with E-state index in [1.54, 1.807) is 13.2 Å². The Morgan fingerprint density at radius 1 is 1.07 bits per heavy atom. The minimum absolute atomic E-state index is 0.0270. The van der Waals surface area contributed by atoms with Crippen molar-refractivity contribution in [2.24, 2.45) is 11.3 Å². The van der Waals surface area contributed by atoms with E-state index in [-0.39, 0.29) is 23.4 Å². The first-order valence-electron chi connectivity index (χ1n) is 16.1. The second-order valence-electron chi connectivity index (χ2n) is 13.0. The highest BCUT2D eigenvalue weighted by Gasteiger charge is 2.48. The highest BCUT2D eigenvalue weighted by atomic mass is 19.1. The van der Waals surface area contributed by atoms with Crippen molar-refractivity contribution in [3.63, 3.8) is 0 Å². The van der Waals surface area contributed by atoms with Crippen LogP contribution in [0.15, 0.2) is 48.5 Å². The van der Waals surface area contributed by atoms with Gasteiger partial charge in [-0.1, -0.05) is 37.1 Å². The number of nitrogens with one attached hydrogen (secondary N) is 1. The zero-order valence-electron chi connectivity index (χ0n) is 25.9. The van der Waals surface area contributed by atoms with Crippen molar-refractivity contribution in [1.82, 2.24) is 20.0 Å². The Balaban J connectivity index is 1.17. The Morgan fingerprint density at radius 3 is 2.59 bits per heavy atom. The fraction of sp³-hybridized carbons (Fsp3) is 0.543. The van der Waals surface area contributed by atoms with Crippen molar-refractivity contribution in [3.05, 3.63) is 71.3 Å². The van der Waals surface area contributed by atoms with Crippen LogP contribution >= 0.6 is 0 Å². The van der Waals surface area contributed by atoms with E-state index in [0.29, 0.717) is 50.6 Å². The highest BCUT2D eigenvalue weighted by Crippen LogP contribution is 2.49. The summed E-state index contributed by atoms with van der Waals surface area (Å²) in [4.78, 5) is 33.3. The monoisotopic (exact) mass is 606 g/mol. The molecule has 9 heteroatoms. The van der Waals surface area contributed by atoms with E-state index in [0.717, 1.165) is 67.9 Å². The number of carbonyl (C=O) groups is 2. The third-order valence-corrected chi connectivity index (χ3v) is 10.7. The molecule has 1 unspecified atom stereocenters. The van der Waals surface area contributed by atoms with E-state index in [4.69, 9.17) is 4.74 Å². The summed E-state index contributed by atoms with van der Waals surface area (Å²) < 4.78 is 34.3. The molecule has 3 amide bonds. The average molecular weight is 607 g/mol. The largest absolute Gasteiger partial charge is 0.496 e. The molecule has 3 fully saturated rings. The number of hydrogen-bond acceptors (Lipinski definition) is 4. The Kier molecular flexibility index (Phi) is 8.94. The normalized spacial score (nSPS) is 25.4. The standard InChI is InChI=1S/C35H44F2N4O3/c1-38-27-13-18-41(31(21-27)29-10-9-26(36)20-30(29)37)34(43)40-17-12-25(35(23-40)14-5-6-15-35)22-39-16-11-24(19-33(39)42)28-7-3-4-8-32(28)44-2/h3-4,7-10,19-20,25,27,31,38H,5-6,11-18,21-23H2,1-2H3/t25?,27-,31+/m1/s1. The lowest BCUT2D eigenvalue weighted by molar-refractivity contribution is -0.128. The predicted octanol–water partition coefficient (Wildman–Crippen LogP) is 6.02. The van der Waals surface area contributed by atoms with Crippen LogP contribution in [-0.4, -0.2) is 79.6 Å². The van der Waals surface area contributed by atoms with Gasteiger partial charge in [-0.2, -0.15) is 0 Å². The summed E-state index contributed by atoms with van der Waals surface area (Å²) in [6.45, 7) is 3.16. The van der Waals surface area contributed by atoms with E-state index in [9.17, 15) is 18.4 Å². The number of rotatable bonds is 6. The van der Waals surface area contributed by atoms with Crippen molar-refractivity contribution in [1.29, 1.82) is 0 Å². The number of piperidine rings is 2. The van der Waals surface area contributed by atoms with Gasteiger partial charge >= 0.3 is 6.03 Å². The lowest BCUT2D eigenvalue weighted by atomic mass is 9.69. The minimum Gasteiger partial charge on any atom is -0.496 e. The number of likely N-dealkylation sites (tertiary alicyclic amines) is 2. The second kappa shape index (κ2) is 12.9. The number of para-hydroxylation sites is 1. The molecule has 44 heavy (non-hydrogen) atoms. The Labute approximate surface area is 259 Å². The quantitative estimate of drug-likeness (QED) is 0.437. The number of nitrogens with zero attached hydrogens (tertiary/aromatic N) is 3. The molecule has 236 valence electrons. The second-order valence-corrected chi connectivity index (χ2v) is 13.0. The number of urea groups is 1. The zero-order valence-corrected chi connectivity index (χ0v) is 25.9. The third-order valence-electron chi connectivity index (χ3n) is 10.7. The SMILES string of the molecule is CN[C@@H]1CCN(C(=O)N2CCC(CN3CCC(c4ccccc4OC)=CC3=O)C3(CCCC3)C2)[C@H](c2ccc(F)cc2F)C1. The smallest absolute Gasteiger partial charge is 0.320 e. The van der Waals surface area contributed by atoms with E-state index in [2.05, 4.69) is 5.32 Å². The molecule has 7 nitrogen and oxygen atoms in total. The first-order valence-corrected chi connectivity index (χ1v) is 16.1. The minimum atomic E-state index is -0.617. The third kappa shape index (κ3) is 5.95. The Bertz CT molecular complexity index is 1410. The van der Waals surface area contributed by atoms with Gasteiger partial charge in [0, 0.05) is 62.0 Å². The molecule has 6 rings (SSSR count). The van der Waals surface area contributed by atoms with Crippen LogP contribution in [0.5, 0.6) is 5.75 Å². The lowest BCUT2D eigenvalue weighted by Gasteiger charge is -2.50. The van der Waals surface area contributed by atoms with Crippen LogP contribution in [0.3, 0.4) is 0 Å². The van der Waals surface area contributed by atoms with E-state index in [1.165, 1.54) is 12.1 Å². The van der Waals surface area contributed by atoms with Crippen molar-refractivity contribution in [3.8, 4) is 5.75 Å². The van der Waals surface area contributed by atoms with Gasteiger partial charge in [0.1, 0.15) is 17.4 Å². The molecule has 3 aliphatic heterocycles. The molecular formula is C35H44F2N4O3. The topological polar surface area (TPSA) is 65.1 Å². The Hall–Kier alpha value is -3.46. The molecule has 0 bridgehead atoms. The van der Waals surface area contributed by atoms with Crippen LogP contribution in [0, 0.1) is 23.0 Å². The molecule has 0 radical (unpaired) electrons. The molecule has 1 saturated carbocycles. The molecular weight excluding hydrogens is 562 g/mol. The van der Waals surface area contributed by atoms with Gasteiger partial charge in [0.2, 0.25) is 5.91 Å². The van der Waals surface area contributed by atoms with Crippen LogP contribution in [0.25, 0.3) is 5.57 Å². The predicted molar refractivity (Wildman–Crippen MR) is 166 cm³/mol. The number of amides is 3. The van der Waals surface area contributed by atoms with Crippen LogP contribution in [0.2, 0.25) is 0 Å². The zero-order chi connectivity index (χ0) is 30.8. The number of carbonyl (C=O) groups excluding carboxylic acids is 2. The number of benzene rings is 2. The molecule has 4 aliphatic rings. The fourth-order valence-corrected chi connectivity index (χ4v) is 8.25. The van der Waals surface area contributed by atoms with E-state index in [1.807, 2.05) is 46.0 Å². The fourth-order valence-electron chi connectivity index (χ4n) is 8.25. The van der Waals surface area contributed by atoms with Crippen LogP contribution < -0.4 is 10.1 Å². The van der Waals surface area contributed by atoms with Crippen molar-refractivity contribution >= 4 is 17.5 Å². The van der Waals surface area contributed by atoms with Gasteiger partial charge in [0.15, 0.2) is 0 Å². The van der Waals surface area contributed by atoms with Gasteiger partial charge in [0.25, 0.3) is 0 Å². The molecule has 2 aromatic carbocycles. The number of hydrogen-bond donors (Lipinski definition) is 1. The van der Waals surface area contributed by atoms with Crippen molar-refractivity contribution in [2.75, 3.05) is 46.9 Å².